The Bertz CT molecular complexity index is 1080. The van der Waals surface area contributed by atoms with Gasteiger partial charge in [-0.25, -0.2) is 13.2 Å². The van der Waals surface area contributed by atoms with Crippen LogP contribution in [0.25, 0.3) is 0 Å². The molecule has 1 saturated heterocycles. The van der Waals surface area contributed by atoms with Gasteiger partial charge in [0.2, 0.25) is 10.0 Å². The summed E-state index contributed by atoms with van der Waals surface area (Å²) in [7, 11) is -3.61. The number of H-pyrrole nitrogens is 1. The normalized spacial score (nSPS) is 15.1. The van der Waals surface area contributed by atoms with Crippen molar-refractivity contribution in [3.63, 3.8) is 0 Å². The number of aromatic amines is 1. The zero-order valence-electron chi connectivity index (χ0n) is 18.3. The lowest BCUT2D eigenvalue weighted by atomic mass is 10.1. The van der Waals surface area contributed by atoms with Crippen LogP contribution in [0.5, 0.6) is 0 Å². The first-order valence-corrected chi connectivity index (χ1v) is 11.9. The Kier molecular flexibility index (Phi) is 6.86. The molecule has 1 fully saturated rings. The van der Waals surface area contributed by atoms with Gasteiger partial charge in [0, 0.05) is 24.5 Å². The number of sulfonamides is 1. The third-order valence-electron chi connectivity index (χ3n) is 5.26. The monoisotopic (exact) mass is 447 g/mol. The summed E-state index contributed by atoms with van der Waals surface area (Å²) >= 11 is 0. The molecule has 168 valence electrons. The molecule has 0 bridgehead atoms. The molecule has 0 unspecified atom stereocenters. The second-order valence-electron chi connectivity index (χ2n) is 8.03. The summed E-state index contributed by atoms with van der Waals surface area (Å²) in [6.07, 6.45) is 2.46. The van der Waals surface area contributed by atoms with Crippen LogP contribution in [0.15, 0.2) is 29.2 Å². The maximum absolute atomic E-state index is 12.9. The van der Waals surface area contributed by atoms with E-state index in [1.54, 1.807) is 39.8 Å². The smallest absolute Gasteiger partial charge is 0.340 e. The van der Waals surface area contributed by atoms with Crippen LogP contribution >= 0.6 is 0 Å². The molecule has 0 radical (unpaired) electrons. The Hall–Kier alpha value is -2.65. The van der Waals surface area contributed by atoms with Gasteiger partial charge >= 0.3 is 5.97 Å². The molecule has 0 spiro atoms. The van der Waals surface area contributed by atoms with Gasteiger partial charge in [-0.1, -0.05) is 12.5 Å². The van der Waals surface area contributed by atoms with Crippen molar-refractivity contribution in [3.8, 4) is 0 Å². The number of nitrogens with one attached hydrogen (secondary N) is 2. The zero-order chi connectivity index (χ0) is 22.8. The second-order valence-corrected chi connectivity index (χ2v) is 9.96. The number of piperidine rings is 1. The van der Waals surface area contributed by atoms with Crippen molar-refractivity contribution in [1.29, 1.82) is 0 Å². The first-order chi connectivity index (χ1) is 14.6. The lowest BCUT2D eigenvalue weighted by molar-refractivity contribution is 0.0376. The standard InChI is InChI=1S/C22H29N3O5S/c1-14(2)30-22(27)19-15(3)20(23-16(19)4)21(26)24-17-9-8-10-18(13-17)31(28,29)25-11-6-5-7-12-25/h8-10,13-14,23H,5-7,11-12H2,1-4H3,(H,24,26). The first-order valence-electron chi connectivity index (χ1n) is 10.4. The van der Waals surface area contributed by atoms with Crippen LogP contribution in [0.3, 0.4) is 0 Å². The number of aryl methyl sites for hydroxylation is 1. The Morgan fingerprint density at radius 2 is 1.81 bits per heavy atom. The quantitative estimate of drug-likeness (QED) is 0.658. The fraction of sp³-hybridized carbons (Fsp3) is 0.455. The van der Waals surface area contributed by atoms with Gasteiger partial charge in [0.15, 0.2) is 0 Å². The molecule has 2 aromatic rings. The number of nitrogens with zero attached hydrogens (tertiary/aromatic N) is 1. The highest BCUT2D eigenvalue weighted by Crippen LogP contribution is 2.24. The molecular formula is C22H29N3O5S. The molecule has 3 rings (SSSR count). The summed E-state index contributed by atoms with van der Waals surface area (Å²) in [4.78, 5) is 28.3. The van der Waals surface area contributed by atoms with Crippen molar-refractivity contribution in [3.05, 3.63) is 46.8 Å². The number of carbonyl (C=O) groups excluding carboxylic acids is 2. The van der Waals surface area contributed by atoms with E-state index in [1.807, 2.05) is 0 Å². The highest BCUT2D eigenvalue weighted by molar-refractivity contribution is 7.89. The van der Waals surface area contributed by atoms with Crippen LogP contribution in [-0.4, -0.2) is 48.8 Å². The predicted octanol–water partition coefficient (Wildman–Crippen LogP) is 3.62. The number of aromatic nitrogens is 1. The van der Waals surface area contributed by atoms with E-state index in [-0.39, 0.29) is 16.7 Å². The average Bonchev–Trinajstić information content (AvgIpc) is 3.02. The fourth-order valence-electron chi connectivity index (χ4n) is 3.74. The van der Waals surface area contributed by atoms with E-state index < -0.39 is 21.9 Å². The molecule has 31 heavy (non-hydrogen) atoms. The van der Waals surface area contributed by atoms with Crippen LogP contribution in [0, 0.1) is 13.8 Å². The second kappa shape index (κ2) is 9.23. The van der Waals surface area contributed by atoms with Crippen LogP contribution in [0.2, 0.25) is 0 Å². The molecule has 2 N–H and O–H groups in total. The maximum Gasteiger partial charge on any atom is 0.340 e. The lowest BCUT2D eigenvalue weighted by Gasteiger charge is -2.26. The average molecular weight is 448 g/mol. The summed E-state index contributed by atoms with van der Waals surface area (Å²) in [5.74, 6) is -0.952. The lowest BCUT2D eigenvalue weighted by Crippen LogP contribution is -2.35. The molecule has 1 aromatic carbocycles. The molecule has 1 aliphatic rings. The highest BCUT2D eigenvalue weighted by atomic mass is 32.2. The Labute approximate surface area is 183 Å². The summed E-state index contributed by atoms with van der Waals surface area (Å²) in [5, 5.41) is 2.73. The number of esters is 1. The zero-order valence-corrected chi connectivity index (χ0v) is 19.1. The van der Waals surface area contributed by atoms with E-state index in [0.717, 1.165) is 19.3 Å². The van der Waals surface area contributed by atoms with Gasteiger partial charge in [0.1, 0.15) is 5.69 Å². The van der Waals surface area contributed by atoms with E-state index in [9.17, 15) is 18.0 Å². The predicted molar refractivity (Wildman–Crippen MR) is 118 cm³/mol. The van der Waals surface area contributed by atoms with E-state index in [0.29, 0.717) is 35.6 Å². The molecule has 9 heteroatoms. The molecule has 0 saturated carbocycles. The Balaban J connectivity index is 1.82. The van der Waals surface area contributed by atoms with Gasteiger partial charge < -0.3 is 15.0 Å². The van der Waals surface area contributed by atoms with E-state index in [1.165, 1.54) is 16.4 Å². The van der Waals surface area contributed by atoms with Crippen molar-refractivity contribution in [2.24, 2.45) is 0 Å². The minimum atomic E-state index is -3.61. The first kappa shape index (κ1) is 23.0. The molecule has 0 aliphatic carbocycles. The third-order valence-corrected chi connectivity index (χ3v) is 7.15. The number of hydrogen-bond donors (Lipinski definition) is 2. The van der Waals surface area contributed by atoms with Crippen molar-refractivity contribution >= 4 is 27.6 Å². The van der Waals surface area contributed by atoms with Crippen molar-refractivity contribution in [2.45, 2.75) is 58.0 Å². The minimum Gasteiger partial charge on any atom is -0.459 e. The number of ether oxygens (including phenoxy) is 1. The molecule has 0 atom stereocenters. The van der Waals surface area contributed by atoms with Gasteiger partial charge in [-0.05, 0) is 64.3 Å². The van der Waals surface area contributed by atoms with Gasteiger partial charge in [-0.3, -0.25) is 4.79 Å². The summed E-state index contributed by atoms with van der Waals surface area (Å²) in [6.45, 7) is 7.91. The van der Waals surface area contributed by atoms with Crippen molar-refractivity contribution in [2.75, 3.05) is 18.4 Å². The Morgan fingerprint density at radius 3 is 2.45 bits per heavy atom. The SMILES string of the molecule is Cc1[nH]c(C(=O)Nc2cccc(S(=O)(=O)N3CCCCC3)c2)c(C)c1C(=O)OC(C)C. The minimum absolute atomic E-state index is 0.146. The Morgan fingerprint density at radius 1 is 1.13 bits per heavy atom. The summed E-state index contributed by atoms with van der Waals surface area (Å²) in [5.41, 5.74) is 1.95. The van der Waals surface area contributed by atoms with E-state index in [4.69, 9.17) is 4.74 Å². The molecular weight excluding hydrogens is 418 g/mol. The number of carbonyl (C=O) groups is 2. The van der Waals surface area contributed by atoms with Crippen molar-refractivity contribution < 1.29 is 22.7 Å². The van der Waals surface area contributed by atoms with Gasteiger partial charge in [0.05, 0.1) is 16.6 Å². The molecule has 1 amide bonds. The number of rotatable bonds is 6. The third kappa shape index (κ3) is 4.99. The van der Waals surface area contributed by atoms with Crippen LogP contribution in [0.4, 0.5) is 5.69 Å². The number of benzene rings is 1. The van der Waals surface area contributed by atoms with Gasteiger partial charge in [0.25, 0.3) is 5.91 Å². The van der Waals surface area contributed by atoms with Crippen LogP contribution in [-0.2, 0) is 14.8 Å². The number of hydrogen-bond acceptors (Lipinski definition) is 5. The molecule has 1 aliphatic heterocycles. The van der Waals surface area contributed by atoms with Crippen molar-refractivity contribution in [1.82, 2.24) is 9.29 Å². The maximum atomic E-state index is 12.9. The summed E-state index contributed by atoms with van der Waals surface area (Å²) in [6, 6.07) is 6.22. The molecule has 8 nitrogen and oxygen atoms in total. The van der Waals surface area contributed by atoms with Gasteiger partial charge in [-0.15, -0.1) is 0 Å². The number of anilines is 1. The van der Waals surface area contributed by atoms with Crippen LogP contribution in [0.1, 0.15) is 65.2 Å². The highest BCUT2D eigenvalue weighted by Gasteiger charge is 2.27. The van der Waals surface area contributed by atoms with Gasteiger partial charge in [-0.2, -0.15) is 4.31 Å². The van der Waals surface area contributed by atoms with E-state index >= 15 is 0 Å². The molecule has 2 heterocycles. The van der Waals surface area contributed by atoms with Crippen LogP contribution < -0.4 is 5.32 Å². The van der Waals surface area contributed by atoms with E-state index in [2.05, 4.69) is 10.3 Å². The fourth-order valence-corrected chi connectivity index (χ4v) is 5.30. The topological polar surface area (TPSA) is 109 Å². The molecule has 1 aromatic heterocycles. The summed E-state index contributed by atoms with van der Waals surface area (Å²) < 4.78 is 32.6. The largest absolute Gasteiger partial charge is 0.459 e. The number of amides is 1.